The van der Waals surface area contributed by atoms with Crippen molar-refractivity contribution in [3.63, 3.8) is 0 Å². The maximum absolute atomic E-state index is 13.1. The molecule has 5 unspecified atom stereocenters. The van der Waals surface area contributed by atoms with Crippen molar-refractivity contribution >= 4 is 17.7 Å². The van der Waals surface area contributed by atoms with Gasteiger partial charge >= 0.3 is 5.97 Å². The molecular formula is C29H32O6S. The number of esters is 1. The molecule has 190 valence electrons. The van der Waals surface area contributed by atoms with Gasteiger partial charge in [0.15, 0.2) is 6.10 Å². The van der Waals surface area contributed by atoms with Crippen LogP contribution in [-0.4, -0.2) is 53.3 Å². The van der Waals surface area contributed by atoms with E-state index in [1.807, 2.05) is 73.7 Å². The summed E-state index contributed by atoms with van der Waals surface area (Å²) in [6.07, 6.45) is -2.68. The molecule has 0 amide bonds. The van der Waals surface area contributed by atoms with Gasteiger partial charge in [-0.2, -0.15) is 0 Å². The van der Waals surface area contributed by atoms with E-state index in [4.69, 9.17) is 18.9 Å². The third-order valence-electron chi connectivity index (χ3n) is 5.93. The Balaban J connectivity index is 1.62. The lowest BCUT2D eigenvalue weighted by atomic mass is 9.99. The van der Waals surface area contributed by atoms with E-state index in [1.54, 1.807) is 24.3 Å². The number of rotatable bonds is 11. The molecule has 1 heterocycles. The summed E-state index contributed by atoms with van der Waals surface area (Å²) in [4.78, 5) is 13.1. The van der Waals surface area contributed by atoms with Crippen molar-refractivity contribution in [2.45, 2.75) is 50.0 Å². The summed E-state index contributed by atoms with van der Waals surface area (Å²) in [7, 11) is 0. The van der Waals surface area contributed by atoms with Crippen LogP contribution in [0.5, 0.6) is 0 Å². The monoisotopic (exact) mass is 508 g/mol. The van der Waals surface area contributed by atoms with Gasteiger partial charge in [0.05, 0.1) is 25.4 Å². The molecule has 0 spiro atoms. The lowest BCUT2D eigenvalue weighted by molar-refractivity contribution is -0.239. The van der Waals surface area contributed by atoms with Gasteiger partial charge in [0, 0.05) is 0 Å². The largest absolute Gasteiger partial charge is 0.452 e. The predicted molar refractivity (Wildman–Crippen MR) is 140 cm³/mol. The first-order valence-corrected chi connectivity index (χ1v) is 13.2. The van der Waals surface area contributed by atoms with Crippen LogP contribution < -0.4 is 0 Å². The molecule has 36 heavy (non-hydrogen) atoms. The minimum absolute atomic E-state index is 0.245. The average Bonchev–Trinajstić information content (AvgIpc) is 2.93. The van der Waals surface area contributed by atoms with Gasteiger partial charge in [-0.3, -0.25) is 0 Å². The van der Waals surface area contributed by atoms with Crippen LogP contribution in [0.15, 0.2) is 91.0 Å². The summed E-state index contributed by atoms with van der Waals surface area (Å²) in [5, 5.41) is 10.2. The smallest absolute Gasteiger partial charge is 0.338 e. The summed E-state index contributed by atoms with van der Waals surface area (Å²) in [5.41, 5.74) is 1.90. The van der Waals surface area contributed by atoms with Crippen LogP contribution in [0.1, 0.15) is 28.4 Å². The van der Waals surface area contributed by atoms with E-state index in [2.05, 4.69) is 0 Å². The van der Waals surface area contributed by atoms with Gasteiger partial charge in [0.1, 0.15) is 23.7 Å². The highest BCUT2D eigenvalue weighted by Crippen LogP contribution is 2.35. The molecule has 0 radical (unpaired) electrons. The molecule has 4 rings (SSSR count). The lowest BCUT2D eigenvalue weighted by Crippen LogP contribution is -2.60. The fraction of sp³-hybridized carbons (Fsp3) is 0.345. The number of thioether (sulfide) groups is 1. The molecule has 7 heteroatoms. The van der Waals surface area contributed by atoms with E-state index < -0.39 is 35.8 Å². The minimum atomic E-state index is -0.741. The van der Waals surface area contributed by atoms with Crippen LogP contribution >= 0.6 is 11.8 Å². The molecule has 0 saturated carbocycles. The van der Waals surface area contributed by atoms with E-state index in [-0.39, 0.29) is 6.61 Å². The van der Waals surface area contributed by atoms with Gasteiger partial charge in [0.25, 0.3) is 0 Å². The number of aliphatic hydroxyl groups excluding tert-OH is 1. The molecule has 5 atom stereocenters. The number of hydrogen-bond acceptors (Lipinski definition) is 7. The maximum Gasteiger partial charge on any atom is 0.338 e. The Morgan fingerprint density at radius 1 is 0.806 bits per heavy atom. The number of carbonyl (C=O) groups is 1. The second-order valence-corrected chi connectivity index (χ2v) is 9.81. The zero-order valence-electron chi connectivity index (χ0n) is 20.3. The van der Waals surface area contributed by atoms with Gasteiger partial charge in [-0.1, -0.05) is 85.8 Å². The highest BCUT2D eigenvalue weighted by Gasteiger charge is 2.49. The molecule has 6 nitrogen and oxygen atoms in total. The first-order chi connectivity index (χ1) is 17.7. The summed E-state index contributed by atoms with van der Waals surface area (Å²) < 4.78 is 25.0. The van der Waals surface area contributed by atoms with Gasteiger partial charge in [-0.25, -0.2) is 4.79 Å². The van der Waals surface area contributed by atoms with Crippen molar-refractivity contribution in [2.75, 3.05) is 12.4 Å². The lowest BCUT2D eigenvalue weighted by Gasteiger charge is -2.45. The fourth-order valence-electron chi connectivity index (χ4n) is 4.14. The van der Waals surface area contributed by atoms with Crippen molar-refractivity contribution in [2.24, 2.45) is 0 Å². The Hall–Kier alpha value is -2.68. The van der Waals surface area contributed by atoms with Crippen LogP contribution in [0.4, 0.5) is 0 Å². The summed E-state index contributed by atoms with van der Waals surface area (Å²) >= 11 is 1.51. The topological polar surface area (TPSA) is 74.2 Å². The Kier molecular flexibility index (Phi) is 9.95. The number of aliphatic hydroxyl groups is 1. The molecule has 1 aliphatic rings. The van der Waals surface area contributed by atoms with Crippen LogP contribution in [0.25, 0.3) is 0 Å². The molecule has 1 N–H and O–H groups in total. The Morgan fingerprint density at radius 3 is 1.86 bits per heavy atom. The SMILES string of the molecule is CCSC1OC(CO)C(OCc2ccccc2)C(OCc2ccccc2)C1OC(=O)c1ccccc1. The van der Waals surface area contributed by atoms with E-state index in [0.29, 0.717) is 18.8 Å². The van der Waals surface area contributed by atoms with Crippen LogP contribution in [0.2, 0.25) is 0 Å². The predicted octanol–water partition coefficient (Wildman–Crippen LogP) is 4.85. The minimum Gasteiger partial charge on any atom is -0.452 e. The van der Waals surface area contributed by atoms with Gasteiger partial charge < -0.3 is 24.1 Å². The normalized spacial score (nSPS) is 23.8. The van der Waals surface area contributed by atoms with Crippen molar-refractivity contribution in [1.29, 1.82) is 0 Å². The summed E-state index contributed by atoms with van der Waals surface area (Å²) in [6, 6.07) is 28.5. The Morgan fingerprint density at radius 2 is 1.33 bits per heavy atom. The van der Waals surface area contributed by atoms with Gasteiger partial charge in [-0.05, 0) is 29.0 Å². The van der Waals surface area contributed by atoms with Crippen molar-refractivity contribution in [1.82, 2.24) is 0 Å². The zero-order valence-corrected chi connectivity index (χ0v) is 21.1. The maximum atomic E-state index is 13.1. The third kappa shape index (κ3) is 6.96. The Labute approximate surface area is 216 Å². The van der Waals surface area contributed by atoms with E-state index >= 15 is 0 Å². The molecule has 3 aromatic rings. The van der Waals surface area contributed by atoms with Gasteiger partial charge in [-0.15, -0.1) is 11.8 Å². The van der Waals surface area contributed by atoms with Crippen molar-refractivity contribution in [3.05, 3.63) is 108 Å². The average molecular weight is 509 g/mol. The summed E-state index contributed by atoms with van der Waals surface area (Å²) in [6.45, 7) is 2.37. The quantitative estimate of drug-likeness (QED) is 0.371. The van der Waals surface area contributed by atoms with Gasteiger partial charge in [0.2, 0.25) is 0 Å². The second kappa shape index (κ2) is 13.6. The second-order valence-electron chi connectivity index (χ2n) is 8.44. The van der Waals surface area contributed by atoms with E-state index in [0.717, 1.165) is 16.9 Å². The van der Waals surface area contributed by atoms with Crippen LogP contribution in [0.3, 0.4) is 0 Å². The van der Waals surface area contributed by atoms with Crippen molar-refractivity contribution < 1.29 is 28.8 Å². The molecule has 1 saturated heterocycles. The zero-order chi connectivity index (χ0) is 25.2. The van der Waals surface area contributed by atoms with Crippen LogP contribution in [0, 0.1) is 0 Å². The van der Waals surface area contributed by atoms with E-state index in [9.17, 15) is 9.90 Å². The Bertz CT molecular complexity index is 1050. The number of carbonyl (C=O) groups excluding carboxylic acids is 1. The van der Waals surface area contributed by atoms with E-state index in [1.165, 1.54) is 11.8 Å². The molecular weight excluding hydrogens is 476 g/mol. The molecule has 0 bridgehead atoms. The number of ether oxygens (including phenoxy) is 4. The first kappa shape index (κ1) is 26.4. The molecule has 3 aromatic carbocycles. The molecule has 0 aromatic heterocycles. The first-order valence-electron chi connectivity index (χ1n) is 12.1. The number of hydrogen-bond donors (Lipinski definition) is 1. The summed E-state index contributed by atoms with van der Waals surface area (Å²) in [5.74, 6) is 0.284. The molecule has 0 aliphatic carbocycles. The fourth-order valence-corrected chi connectivity index (χ4v) is 5.09. The number of benzene rings is 3. The molecule has 1 fully saturated rings. The molecule has 1 aliphatic heterocycles. The van der Waals surface area contributed by atoms with Crippen molar-refractivity contribution in [3.8, 4) is 0 Å². The highest BCUT2D eigenvalue weighted by atomic mass is 32.2. The van der Waals surface area contributed by atoms with Crippen LogP contribution in [-0.2, 0) is 32.2 Å². The standard InChI is InChI=1S/C29H32O6S/c1-2-36-29-27(35-28(31)23-16-10-5-11-17-23)26(33-20-22-14-8-4-9-15-22)25(24(18-30)34-29)32-19-21-12-6-3-7-13-21/h3-17,24-27,29-30H,2,18-20H2,1H3. The third-order valence-corrected chi connectivity index (χ3v) is 6.97. The highest BCUT2D eigenvalue weighted by molar-refractivity contribution is 7.99.